The molecule has 0 aliphatic rings. The number of carbonyl (C=O) groups excluding carboxylic acids is 1. The summed E-state index contributed by atoms with van der Waals surface area (Å²) in [6.45, 7) is 0.00354. The summed E-state index contributed by atoms with van der Waals surface area (Å²) in [5.41, 5.74) is 0.896. The van der Waals surface area contributed by atoms with Crippen LogP contribution in [0.1, 0.15) is 10.4 Å². The Kier molecular flexibility index (Phi) is 5.63. The van der Waals surface area contributed by atoms with Crippen LogP contribution in [0.3, 0.4) is 0 Å². The van der Waals surface area contributed by atoms with Gasteiger partial charge in [-0.1, -0.05) is 41.9 Å². The molecule has 0 bridgehead atoms. The van der Waals surface area contributed by atoms with E-state index in [0.29, 0.717) is 16.3 Å². The second-order valence-corrected chi connectivity index (χ2v) is 7.38. The van der Waals surface area contributed by atoms with Gasteiger partial charge in [0.15, 0.2) is 0 Å². The molecular formula is C16H17ClN2O3S. The lowest BCUT2D eigenvalue weighted by Crippen LogP contribution is -2.35. The summed E-state index contributed by atoms with van der Waals surface area (Å²) in [5, 5.41) is 2.90. The van der Waals surface area contributed by atoms with Gasteiger partial charge in [0, 0.05) is 13.6 Å². The highest BCUT2D eigenvalue weighted by Gasteiger charge is 2.18. The van der Waals surface area contributed by atoms with Gasteiger partial charge in [-0.15, -0.1) is 0 Å². The molecule has 23 heavy (non-hydrogen) atoms. The molecule has 2 aromatic carbocycles. The number of hydrogen-bond acceptors (Lipinski definition) is 3. The summed E-state index contributed by atoms with van der Waals surface area (Å²) in [6, 6.07) is 15.4. The molecule has 7 heteroatoms. The third kappa shape index (κ3) is 4.46. The van der Waals surface area contributed by atoms with Gasteiger partial charge in [0.05, 0.1) is 22.0 Å². The van der Waals surface area contributed by atoms with Crippen LogP contribution in [0.15, 0.2) is 54.6 Å². The minimum absolute atomic E-state index is 0.00354. The number of anilines is 1. The largest absolute Gasteiger partial charge is 0.351 e. The van der Waals surface area contributed by atoms with E-state index in [1.165, 1.54) is 11.4 Å². The van der Waals surface area contributed by atoms with Crippen molar-refractivity contribution >= 4 is 33.2 Å². The van der Waals surface area contributed by atoms with Crippen LogP contribution in [-0.4, -0.2) is 33.7 Å². The predicted molar refractivity (Wildman–Crippen MR) is 92.4 cm³/mol. The Hall–Kier alpha value is -2.05. The zero-order valence-corrected chi connectivity index (χ0v) is 14.1. The van der Waals surface area contributed by atoms with Crippen molar-refractivity contribution in [2.45, 2.75) is 0 Å². The Balaban J connectivity index is 1.95. The van der Waals surface area contributed by atoms with E-state index in [0.717, 1.165) is 0 Å². The van der Waals surface area contributed by atoms with Crippen molar-refractivity contribution in [3.63, 3.8) is 0 Å². The Morgan fingerprint density at radius 3 is 2.35 bits per heavy atom. The first kappa shape index (κ1) is 17.3. The van der Waals surface area contributed by atoms with Gasteiger partial charge >= 0.3 is 0 Å². The number of rotatable bonds is 6. The molecule has 5 nitrogen and oxygen atoms in total. The Labute approximate surface area is 140 Å². The van der Waals surface area contributed by atoms with Crippen LogP contribution < -0.4 is 9.62 Å². The van der Waals surface area contributed by atoms with Gasteiger partial charge in [0.2, 0.25) is 10.0 Å². The quantitative estimate of drug-likeness (QED) is 0.868. The Morgan fingerprint density at radius 1 is 1.09 bits per heavy atom. The zero-order chi connectivity index (χ0) is 16.9. The Bertz CT molecular complexity index is 779. The smallest absolute Gasteiger partial charge is 0.252 e. The molecule has 0 heterocycles. The molecule has 1 N–H and O–H groups in total. The lowest BCUT2D eigenvalue weighted by Gasteiger charge is -2.19. The predicted octanol–water partition coefficient (Wildman–Crippen LogP) is 2.54. The topological polar surface area (TPSA) is 66.5 Å². The van der Waals surface area contributed by atoms with E-state index in [1.54, 1.807) is 48.5 Å². The lowest BCUT2D eigenvalue weighted by molar-refractivity contribution is 0.0956. The van der Waals surface area contributed by atoms with Crippen molar-refractivity contribution in [3.8, 4) is 0 Å². The van der Waals surface area contributed by atoms with Crippen LogP contribution >= 0.6 is 11.6 Å². The summed E-state index contributed by atoms with van der Waals surface area (Å²) in [4.78, 5) is 12.0. The van der Waals surface area contributed by atoms with E-state index in [2.05, 4.69) is 5.32 Å². The third-order valence-corrected chi connectivity index (χ3v) is 5.40. The first-order valence-corrected chi connectivity index (χ1v) is 8.95. The number of amides is 1. The fourth-order valence-corrected chi connectivity index (χ4v) is 3.27. The first-order chi connectivity index (χ1) is 10.9. The first-order valence-electron chi connectivity index (χ1n) is 6.96. The summed E-state index contributed by atoms with van der Waals surface area (Å²) >= 11 is 5.93. The number of carbonyl (C=O) groups is 1. The van der Waals surface area contributed by atoms with Crippen molar-refractivity contribution < 1.29 is 13.2 Å². The average molecular weight is 353 g/mol. The van der Waals surface area contributed by atoms with E-state index in [4.69, 9.17) is 11.6 Å². The number of nitrogens with zero attached hydrogens (tertiary/aromatic N) is 1. The number of halogens is 1. The summed E-state index contributed by atoms with van der Waals surface area (Å²) in [7, 11) is -2.03. The van der Waals surface area contributed by atoms with Crippen molar-refractivity contribution in [2.75, 3.05) is 23.7 Å². The minimum Gasteiger partial charge on any atom is -0.351 e. The van der Waals surface area contributed by atoms with E-state index < -0.39 is 15.9 Å². The molecule has 0 atom stereocenters. The molecule has 122 valence electrons. The number of hydrogen-bond donors (Lipinski definition) is 1. The van der Waals surface area contributed by atoms with Gasteiger partial charge in [0.25, 0.3) is 5.91 Å². The lowest BCUT2D eigenvalue weighted by atomic mass is 10.2. The Morgan fingerprint density at radius 2 is 1.70 bits per heavy atom. The van der Waals surface area contributed by atoms with Crippen molar-refractivity contribution in [1.29, 1.82) is 0 Å². The molecular weight excluding hydrogens is 336 g/mol. The molecule has 0 spiro atoms. The van der Waals surface area contributed by atoms with Crippen LogP contribution in [-0.2, 0) is 10.0 Å². The summed E-state index contributed by atoms with van der Waals surface area (Å²) in [5.74, 6) is -0.595. The monoisotopic (exact) mass is 352 g/mol. The molecule has 0 fully saturated rings. The van der Waals surface area contributed by atoms with Crippen LogP contribution in [0.2, 0.25) is 5.02 Å². The number of nitrogens with one attached hydrogen (secondary N) is 1. The van der Waals surface area contributed by atoms with Crippen molar-refractivity contribution in [1.82, 2.24) is 5.32 Å². The van der Waals surface area contributed by atoms with Gasteiger partial charge in [-0.25, -0.2) is 8.42 Å². The highest BCUT2D eigenvalue weighted by atomic mass is 35.5. The van der Waals surface area contributed by atoms with Gasteiger partial charge in [-0.3, -0.25) is 9.10 Å². The third-order valence-electron chi connectivity index (χ3n) is 3.30. The number of para-hydroxylation sites is 1. The van der Waals surface area contributed by atoms with Gasteiger partial charge in [-0.05, 0) is 24.3 Å². The van der Waals surface area contributed by atoms with Crippen LogP contribution in [0.5, 0.6) is 0 Å². The molecule has 0 aromatic heterocycles. The normalized spacial score (nSPS) is 11.0. The molecule has 0 aliphatic carbocycles. The van der Waals surface area contributed by atoms with Gasteiger partial charge in [-0.2, -0.15) is 0 Å². The number of sulfonamides is 1. The molecule has 0 aliphatic heterocycles. The maximum absolute atomic E-state index is 12.3. The maximum Gasteiger partial charge on any atom is 0.252 e. The van der Waals surface area contributed by atoms with Crippen LogP contribution in [0.4, 0.5) is 5.69 Å². The average Bonchev–Trinajstić information content (AvgIpc) is 2.55. The second-order valence-electron chi connectivity index (χ2n) is 4.85. The number of benzene rings is 2. The van der Waals surface area contributed by atoms with Crippen molar-refractivity contribution in [3.05, 3.63) is 65.2 Å². The zero-order valence-electron chi connectivity index (χ0n) is 12.6. The summed E-state index contributed by atoms with van der Waals surface area (Å²) in [6.07, 6.45) is 0. The maximum atomic E-state index is 12.3. The van der Waals surface area contributed by atoms with Gasteiger partial charge < -0.3 is 5.32 Å². The highest BCUT2D eigenvalue weighted by Crippen LogP contribution is 2.16. The van der Waals surface area contributed by atoms with Crippen LogP contribution in [0.25, 0.3) is 0 Å². The fraction of sp³-hybridized carbons (Fsp3) is 0.188. The molecule has 2 rings (SSSR count). The molecule has 0 radical (unpaired) electrons. The van der Waals surface area contributed by atoms with Crippen molar-refractivity contribution in [2.24, 2.45) is 0 Å². The van der Waals surface area contributed by atoms with E-state index in [-0.39, 0.29) is 12.3 Å². The second kappa shape index (κ2) is 7.48. The molecule has 0 saturated heterocycles. The molecule has 0 saturated carbocycles. The van der Waals surface area contributed by atoms with Crippen LogP contribution in [0, 0.1) is 0 Å². The molecule has 0 unspecified atom stereocenters. The highest BCUT2D eigenvalue weighted by molar-refractivity contribution is 7.92. The standard InChI is InChI=1S/C16H17ClN2O3S/c1-19(13-7-3-2-4-8-13)23(21,22)12-11-18-16(20)14-9-5-6-10-15(14)17/h2-10H,11-12H2,1H3,(H,18,20). The SMILES string of the molecule is CN(c1ccccc1)S(=O)(=O)CCNC(=O)c1ccccc1Cl. The fourth-order valence-electron chi connectivity index (χ4n) is 1.97. The minimum atomic E-state index is -3.52. The molecule has 2 aromatic rings. The van der Waals surface area contributed by atoms with Gasteiger partial charge in [0.1, 0.15) is 0 Å². The van der Waals surface area contributed by atoms with E-state index >= 15 is 0 Å². The van der Waals surface area contributed by atoms with E-state index in [9.17, 15) is 13.2 Å². The molecule has 1 amide bonds. The summed E-state index contributed by atoms with van der Waals surface area (Å²) < 4.78 is 25.7. The van der Waals surface area contributed by atoms with E-state index in [1.807, 2.05) is 6.07 Å².